The molecule has 0 aromatic heterocycles. The fraction of sp³-hybridized carbons (Fsp3) is 0.107. The lowest BCUT2D eigenvalue weighted by Gasteiger charge is -2.20. The quantitative estimate of drug-likeness (QED) is 0.359. The number of para-hydroxylation sites is 1. The first kappa shape index (κ1) is 24.2. The zero-order chi connectivity index (χ0) is 24.7. The maximum absolute atomic E-state index is 13.0. The zero-order valence-electron chi connectivity index (χ0n) is 19.2. The molecule has 35 heavy (non-hydrogen) atoms. The number of hydrogen-bond acceptors (Lipinski definition) is 4. The number of rotatable bonds is 9. The van der Waals surface area contributed by atoms with E-state index in [1.807, 2.05) is 60.7 Å². The maximum Gasteiger partial charge on any atom is 0.252 e. The van der Waals surface area contributed by atoms with Crippen LogP contribution in [0.25, 0.3) is 0 Å². The van der Waals surface area contributed by atoms with Crippen LogP contribution < -0.4 is 14.8 Å². The van der Waals surface area contributed by atoms with Gasteiger partial charge in [0.2, 0.25) is 10.0 Å². The molecule has 0 aliphatic rings. The van der Waals surface area contributed by atoms with Gasteiger partial charge in [-0.1, -0.05) is 84.9 Å². The fourth-order valence-corrected chi connectivity index (χ4v) is 4.92. The Kier molecular flexibility index (Phi) is 7.60. The van der Waals surface area contributed by atoms with Gasteiger partial charge in [0.05, 0.1) is 13.2 Å². The number of nitrogens with one attached hydrogen (secondary N) is 2. The van der Waals surface area contributed by atoms with Crippen LogP contribution in [0.5, 0.6) is 5.75 Å². The van der Waals surface area contributed by atoms with Gasteiger partial charge in [0.1, 0.15) is 10.6 Å². The number of carbonyl (C=O) groups is 1. The topological polar surface area (TPSA) is 84.5 Å². The molecule has 178 valence electrons. The van der Waals surface area contributed by atoms with Crippen LogP contribution in [-0.4, -0.2) is 21.4 Å². The zero-order valence-corrected chi connectivity index (χ0v) is 20.0. The summed E-state index contributed by atoms with van der Waals surface area (Å²) in [5, 5.41) is 3.11. The number of methoxy groups -OCH3 is 1. The SMILES string of the molecule is COc1ccccc1S(=O)(=O)NCc1ccc(C(=O)NC(c2ccccc2)c2ccccc2)cc1. The van der Waals surface area contributed by atoms with Gasteiger partial charge in [0.15, 0.2) is 0 Å². The number of carbonyl (C=O) groups excluding carboxylic acids is 1. The first-order chi connectivity index (χ1) is 17.0. The monoisotopic (exact) mass is 486 g/mol. The van der Waals surface area contributed by atoms with Gasteiger partial charge in [-0.05, 0) is 41.0 Å². The van der Waals surface area contributed by atoms with Crippen LogP contribution in [-0.2, 0) is 16.6 Å². The Balaban J connectivity index is 1.46. The van der Waals surface area contributed by atoms with E-state index in [0.29, 0.717) is 5.56 Å². The summed E-state index contributed by atoms with van der Waals surface area (Å²) in [5.74, 6) is 0.0577. The van der Waals surface area contributed by atoms with Crippen molar-refractivity contribution in [2.45, 2.75) is 17.5 Å². The molecule has 0 aliphatic carbocycles. The number of amides is 1. The van der Waals surface area contributed by atoms with Crippen LogP contribution >= 0.6 is 0 Å². The fourth-order valence-electron chi connectivity index (χ4n) is 3.74. The Morgan fingerprint density at radius 3 is 1.89 bits per heavy atom. The summed E-state index contributed by atoms with van der Waals surface area (Å²) in [6, 6.07) is 32.6. The minimum absolute atomic E-state index is 0.0753. The largest absolute Gasteiger partial charge is 0.495 e. The van der Waals surface area contributed by atoms with Crippen LogP contribution in [0.2, 0.25) is 0 Å². The van der Waals surface area contributed by atoms with Crippen molar-refractivity contribution in [3.63, 3.8) is 0 Å². The average Bonchev–Trinajstić information content (AvgIpc) is 2.91. The van der Waals surface area contributed by atoms with Gasteiger partial charge in [-0.15, -0.1) is 0 Å². The van der Waals surface area contributed by atoms with E-state index in [1.165, 1.54) is 13.2 Å². The number of benzene rings is 4. The Bertz CT molecular complexity index is 1330. The van der Waals surface area contributed by atoms with Crippen molar-refractivity contribution in [1.29, 1.82) is 0 Å². The maximum atomic E-state index is 13.0. The third kappa shape index (κ3) is 5.95. The Morgan fingerprint density at radius 1 is 0.771 bits per heavy atom. The van der Waals surface area contributed by atoms with Crippen molar-refractivity contribution >= 4 is 15.9 Å². The molecule has 0 saturated carbocycles. The highest BCUT2D eigenvalue weighted by Crippen LogP contribution is 2.24. The van der Waals surface area contributed by atoms with Crippen molar-refractivity contribution in [3.05, 3.63) is 131 Å². The van der Waals surface area contributed by atoms with Crippen LogP contribution in [0.15, 0.2) is 114 Å². The molecule has 4 rings (SSSR count). The second-order valence-electron chi connectivity index (χ2n) is 7.90. The smallest absolute Gasteiger partial charge is 0.252 e. The normalized spacial score (nSPS) is 11.3. The second kappa shape index (κ2) is 11.0. The molecular formula is C28H26N2O4S. The third-order valence-corrected chi connectivity index (χ3v) is 7.02. The molecule has 0 unspecified atom stereocenters. The molecule has 6 nitrogen and oxygen atoms in total. The lowest BCUT2D eigenvalue weighted by atomic mass is 9.98. The van der Waals surface area contributed by atoms with E-state index in [-0.39, 0.29) is 29.1 Å². The van der Waals surface area contributed by atoms with E-state index < -0.39 is 10.0 Å². The van der Waals surface area contributed by atoms with Gasteiger partial charge >= 0.3 is 0 Å². The minimum Gasteiger partial charge on any atom is -0.495 e. The molecule has 0 atom stereocenters. The summed E-state index contributed by atoms with van der Waals surface area (Å²) in [6.45, 7) is 0.0823. The molecule has 0 bridgehead atoms. The third-order valence-electron chi connectivity index (χ3n) is 5.58. The van der Waals surface area contributed by atoms with Gasteiger partial charge in [-0.3, -0.25) is 4.79 Å². The summed E-state index contributed by atoms with van der Waals surface area (Å²) < 4.78 is 33.1. The Morgan fingerprint density at radius 2 is 1.31 bits per heavy atom. The average molecular weight is 487 g/mol. The standard InChI is InChI=1S/C28H26N2O4S/c1-34-25-14-8-9-15-26(25)35(32,33)29-20-21-16-18-24(19-17-21)28(31)30-27(22-10-4-2-5-11-22)23-12-6-3-7-13-23/h2-19,27,29H,20H2,1H3,(H,30,31). The summed E-state index contributed by atoms with van der Waals surface area (Å²) >= 11 is 0. The van der Waals surface area contributed by atoms with Crippen LogP contribution in [0.4, 0.5) is 0 Å². The molecule has 0 aliphatic heterocycles. The molecule has 2 N–H and O–H groups in total. The number of sulfonamides is 1. The molecule has 1 amide bonds. The van der Waals surface area contributed by atoms with Gasteiger partial charge in [0.25, 0.3) is 5.91 Å². The molecule has 0 saturated heterocycles. The minimum atomic E-state index is -3.76. The van der Waals surface area contributed by atoms with Gasteiger partial charge in [-0.2, -0.15) is 0 Å². The highest BCUT2D eigenvalue weighted by atomic mass is 32.2. The Labute approximate surface area is 205 Å². The molecule has 4 aromatic carbocycles. The number of ether oxygens (including phenoxy) is 1. The first-order valence-electron chi connectivity index (χ1n) is 11.1. The van der Waals surface area contributed by atoms with Crippen molar-refractivity contribution in [2.24, 2.45) is 0 Å². The summed E-state index contributed by atoms with van der Waals surface area (Å²) in [5.41, 5.74) is 3.17. The highest BCUT2D eigenvalue weighted by molar-refractivity contribution is 7.89. The van der Waals surface area contributed by atoms with Crippen molar-refractivity contribution in [1.82, 2.24) is 10.0 Å². The molecule has 7 heteroatoms. The van der Waals surface area contributed by atoms with E-state index in [1.54, 1.807) is 42.5 Å². The molecule has 4 aromatic rings. The Hall–Kier alpha value is -3.94. The first-order valence-corrected chi connectivity index (χ1v) is 12.6. The summed E-state index contributed by atoms with van der Waals surface area (Å²) in [7, 11) is -2.33. The van der Waals surface area contributed by atoms with Crippen molar-refractivity contribution in [2.75, 3.05) is 7.11 Å². The summed E-state index contributed by atoms with van der Waals surface area (Å²) in [6.07, 6.45) is 0. The van der Waals surface area contributed by atoms with Crippen LogP contribution in [0.3, 0.4) is 0 Å². The molecule has 0 radical (unpaired) electrons. The highest BCUT2D eigenvalue weighted by Gasteiger charge is 2.20. The molecule has 0 fully saturated rings. The van der Waals surface area contributed by atoms with Crippen molar-refractivity contribution < 1.29 is 17.9 Å². The van der Waals surface area contributed by atoms with E-state index in [2.05, 4.69) is 10.0 Å². The lowest BCUT2D eigenvalue weighted by Crippen LogP contribution is -2.29. The van der Waals surface area contributed by atoms with Crippen molar-refractivity contribution in [3.8, 4) is 5.75 Å². The number of hydrogen-bond donors (Lipinski definition) is 2. The second-order valence-corrected chi connectivity index (χ2v) is 9.64. The molecular weight excluding hydrogens is 460 g/mol. The predicted molar refractivity (Wildman–Crippen MR) is 136 cm³/mol. The van der Waals surface area contributed by atoms with Gasteiger partial charge in [0, 0.05) is 12.1 Å². The van der Waals surface area contributed by atoms with E-state index in [4.69, 9.17) is 4.74 Å². The lowest BCUT2D eigenvalue weighted by molar-refractivity contribution is 0.0943. The van der Waals surface area contributed by atoms with E-state index in [0.717, 1.165) is 16.7 Å². The van der Waals surface area contributed by atoms with E-state index >= 15 is 0 Å². The van der Waals surface area contributed by atoms with Gasteiger partial charge in [-0.25, -0.2) is 13.1 Å². The molecule has 0 heterocycles. The molecule has 0 spiro atoms. The van der Waals surface area contributed by atoms with E-state index in [9.17, 15) is 13.2 Å². The summed E-state index contributed by atoms with van der Waals surface area (Å²) in [4.78, 5) is 13.1. The van der Waals surface area contributed by atoms with Gasteiger partial charge < -0.3 is 10.1 Å². The predicted octanol–water partition coefficient (Wildman–Crippen LogP) is 4.69. The van der Waals surface area contributed by atoms with Crippen LogP contribution in [0, 0.1) is 0 Å². The van der Waals surface area contributed by atoms with Crippen LogP contribution in [0.1, 0.15) is 33.1 Å².